The molecule has 2 atom stereocenters. The molecule has 5 heteroatoms. The number of hydrogen-bond donors (Lipinski definition) is 1. The van der Waals surface area contributed by atoms with Crippen LogP contribution in [0.4, 0.5) is 5.82 Å². The highest BCUT2D eigenvalue weighted by Crippen LogP contribution is 2.48. The summed E-state index contributed by atoms with van der Waals surface area (Å²) in [6.45, 7) is 3.04. The van der Waals surface area contributed by atoms with Crippen LogP contribution in [0.5, 0.6) is 5.75 Å². The molecule has 0 spiro atoms. The number of nitrogens with zero attached hydrogens (tertiary/aromatic N) is 3. The minimum absolute atomic E-state index is 0.158. The van der Waals surface area contributed by atoms with E-state index in [1.165, 1.54) is 11.8 Å². The van der Waals surface area contributed by atoms with Gasteiger partial charge >= 0.3 is 0 Å². The number of carbonyl (C=O) groups is 1. The number of pyridine rings is 1. The lowest BCUT2D eigenvalue weighted by atomic mass is 10.1. The van der Waals surface area contributed by atoms with Crippen LogP contribution in [0.25, 0.3) is 0 Å². The van der Waals surface area contributed by atoms with E-state index in [0.29, 0.717) is 11.8 Å². The van der Waals surface area contributed by atoms with E-state index in [4.69, 9.17) is 0 Å². The summed E-state index contributed by atoms with van der Waals surface area (Å²) < 4.78 is 0. The number of hydrogen-bond acceptors (Lipinski definition) is 4. The first kappa shape index (κ1) is 15.0. The zero-order valence-electron chi connectivity index (χ0n) is 13.5. The minimum Gasteiger partial charge on any atom is -0.506 e. The maximum atomic E-state index is 12.7. The Morgan fingerprint density at radius 2 is 1.79 bits per heavy atom. The topological polar surface area (TPSA) is 56.7 Å². The third-order valence-electron chi connectivity index (χ3n) is 4.98. The molecule has 1 aliphatic heterocycles. The Hall–Kier alpha value is -2.56. The monoisotopic (exact) mass is 323 g/mol. The highest BCUT2D eigenvalue weighted by molar-refractivity contribution is 5.83. The second-order valence-electron chi connectivity index (χ2n) is 6.55. The summed E-state index contributed by atoms with van der Waals surface area (Å²) >= 11 is 0. The zero-order chi connectivity index (χ0) is 16.5. The number of amides is 1. The molecule has 1 aromatic carbocycles. The van der Waals surface area contributed by atoms with Gasteiger partial charge in [0.05, 0.1) is 6.20 Å². The smallest absolute Gasteiger partial charge is 0.226 e. The zero-order valence-corrected chi connectivity index (χ0v) is 13.5. The first-order valence-electron chi connectivity index (χ1n) is 8.46. The standard InChI is InChI=1S/C19H21N3O2/c23-15-6-7-18(20-13-15)21-8-10-22(11-9-21)19(24)17-12-16(17)14-4-2-1-3-5-14/h1-7,13,16-17,23H,8-12H2/t16-,17+/m0/s1. The van der Waals surface area contributed by atoms with Crippen molar-refractivity contribution < 1.29 is 9.90 Å². The van der Waals surface area contributed by atoms with Crippen molar-refractivity contribution in [1.82, 2.24) is 9.88 Å². The van der Waals surface area contributed by atoms with E-state index in [-0.39, 0.29) is 11.7 Å². The molecule has 0 radical (unpaired) electrons. The molecule has 1 amide bonds. The van der Waals surface area contributed by atoms with Gasteiger partial charge in [0.2, 0.25) is 5.91 Å². The summed E-state index contributed by atoms with van der Waals surface area (Å²) in [5.41, 5.74) is 1.28. The van der Waals surface area contributed by atoms with Crippen LogP contribution in [-0.2, 0) is 4.79 Å². The molecule has 1 N–H and O–H groups in total. The number of benzene rings is 1. The molecule has 124 valence electrons. The van der Waals surface area contributed by atoms with E-state index in [0.717, 1.165) is 38.4 Å². The second kappa shape index (κ2) is 6.15. The van der Waals surface area contributed by atoms with Crippen molar-refractivity contribution in [2.24, 2.45) is 5.92 Å². The number of aromatic nitrogens is 1. The number of carbonyl (C=O) groups excluding carboxylic acids is 1. The number of anilines is 1. The van der Waals surface area contributed by atoms with Gasteiger partial charge in [0.1, 0.15) is 11.6 Å². The van der Waals surface area contributed by atoms with E-state index in [9.17, 15) is 9.90 Å². The molecule has 2 aliphatic rings. The predicted molar refractivity (Wildman–Crippen MR) is 92.0 cm³/mol. The van der Waals surface area contributed by atoms with E-state index >= 15 is 0 Å². The molecule has 24 heavy (non-hydrogen) atoms. The molecule has 1 aromatic heterocycles. The van der Waals surface area contributed by atoms with Gasteiger partial charge < -0.3 is 14.9 Å². The Morgan fingerprint density at radius 1 is 1.04 bits per heavy atom. The van der Waals surface area contributed by atoms with Crippen molar-refractivity contribution in [3.63, 3.8) is 0 Å². The van der Waals surface area contributed by atoms with Crippen LogP contribution in [-0.4, -0.2) is 47.1 Å². The fraction of sp³-hybridized carbons (Fsp3) is 0.368. The van der Waals surface area contributed by atoms with E-state index in [1.807, 2.05) is 29.2 Å². The normalized spacial score (nSPS) is 23.2. The van der Waals surface area contributed by atoms with Crippen LogP contribution >= 0.6 is 0 Å². The second-order valence-corrected chi connectivity index (χ2v) is 6.55. The molecule has 5 nitrogen and oxygen atoms in total. The van der Waals surface area contributed by atoms with Crippen molar-refractivity contribution in [3.8, 4) is 5.75 Å². The highest BCUT2D eigenvalue weighted by Gasteiger charge is 2.45. The van der Waals surface area contributed by atoms with Crippen LogP contribution in [0.3, 0.4) is 0 Å². The molecular formula is C19H21N3O2. The molecule has 1 saturated carbocycles. The summed E-state index contributed by atoms with van der Waals surface area (Å²) in [6.07, 6.45) is 2.43. The van der Waals surface area contributed by atoms with Gasteiger partial charge in [-0.1, -0.05) is 30.3 Å². The SMILES string of the molecule is O=C([C@@H]1C[C@H]1c1ccccc1)N1CCN(c2ccc(O)cn2)CC1. The van der Waals surface area contributed by atoms with Gasteiger partial charge in [0.15, 0.2) is 0 Å². The van der Waals surface area contributed by atoms with Crippen LogP contribution < -0.4 is 4.90 Å². The summed E-state index contributed by atoms with van der Waals surface area (Å²) in [4.78, 5) is 21.1. The van der Waals surface area contributed by atoms with E-state index in [1.54, 1.807) is 6.07 Å². The molecular weight excluding hydrogens is 302 g/mol. The molecule has 0 bridgehead atoms. The summed E-state index contributed by atoms with van der Waals surface area (Å²) in [5, 5.41) is 9.32. The molecule has 1 aliphatic carbocycles. The van der Waals surface area contributed by atoms with Gasteiger partial charge in [-0.3, -0.25) is 4.79 Å². The van der Waals surface area contributed by atoms with Crippen molar-refractivity contribution in [2.45, 2.75) is 12.3 Å². The fourth-order valence-electron chi connectivity index (χ4n) is 3.49. The maximum absolute atomic E-state index is 12.7. The van der Waals surface area contributed by atoms with Gasteiger partial charge in [-0.25, -0.2) is 4.98 Å². The molecule has 2 aromatic rings. The fourth-order valence-corrected chi connectivity index (χ4v) is 3.49. The Balaban J connectivity index is 1.33. The average molecular weight is 323 g/mol. The van der Waals surface area contributed by atoms with Gasteiger partial charge in [-0.15, -0.1) is 0 Å². The Labute approximate surface area is 141 Å². The summed E-state index contributed by atoms with van der Waals surface area (Å²) in [5.74, 6) is 1.88. The lowest BCUT2D eigenvalue weighted by molar-refractivity contribution is -0.133. The molecule has 0 unspecified atom stereocenters. The maximum Gasteiger partial charge on any atom is 0.226 e. The van der Waals surface area contributed by atoms with Crippen LogP contribution in [0.1, 0.15) is 17.9 Å². The van der Waals surface area contributed by atoms with E-state index < -0.39 is 0 Å². The molecule has 2 heterocycles. The van der Waals surface area contributed by atoms with Crippen LogP contribution in [0.15, 0.2) is 48.7 Å². The molecule has 1 saturated heterocycles. The average Bonchev–Trinajstić information content (AvgIpc) is 3.43. The van der Waals surface area contributed by atoms with Crippen LogP contribution in [0, 0.1) is 5.92 Å². The van der Waals surface area contributed by atoms with Crippen LogP contribution in [0.2, 0.25) is 0 Å². The highest BCUT2D eigenvalue weighted by atomic mass is 16.3. The lowest BCUT2D eigenvalue weighted by Gasteiger charge is -2.35. The Morgan fingerprint density at radius 3 is 2.46 bits per heavy atom. The lowest BCUT2D eigenvalue weighted by Crippen LogP contribution is -2.49. The van der Waals surface area contributed by atoms with Gasteiger partial charge in [-0.05, 0) is 30.0 Å². The van der Waals surface area contributed by atoms with Gasteiger partial charge in [0.25, 0.3) is 0 Å². The number of rotatable bonds is 3. The van der Waals surface area contributed by atoms with Gasteiger partial charge in [-0.2, -0.15) is 0 Å². The first-order chi connectivity index (χ1) is 11.7. The first-order valence-corrected chi connectivity index (χ1v) is 8.46. The predicted octanol–water partition coefficient (Wildman–Crippen LogP) is 2.24. The summed E-state index contributed by atoms with van der Waals surface area (Å²) in [7, 11) is 0. The quantitative estimate of drug-likeness (QED) is 0.941. The Bertz CT molecular complexity index is 709. The van der Waals surface area contributed by atoms with E-state index in [2.05, 4.69) is 22.0 Å². The van der Waals surface area contributed by atoms with Crippen molar-refractivity contribution in [2.75, 3.05) is 31.1 Å². The number of aromatic hydroxyl groups is 1. The van der Waals surface area contributed by atoms with Gasteiger partial charge in [0, 0.05) is 32.1 Å². The third kappa shape index (κ3) is 2.94. The largest absolute Gasteiger partial charge is 0.506 e. The third-order valence-corrected chi connectivity index (χ3v) is 4.98. The molecule has 4 rings (SSSR count). The van der Waals surface area contributed by atoms with Crippen molar-refractivity contribution in [1.29, 1.82) is 0 Å². The van der Waals surface area contributed by atoms with Crippen molar-refractivity contribution in [3.05, 3.63) is 54.2 Å². The summed E-state index contributed by atoms with van der Waals surface area (Å²) in [6, 6.07) is 13.8. The minimum atomic E-state index is 0.158. The van der Waals surface area contributed by atoms with Crippen molar-refractivity contribution >= 4 is 11.7 Å². The number of piperazine rings is 1. The molecule has 2 fully saturated rings. The Kier molecular flexibility index (Phi) is 3.84.